The molecule has 0 aliphatic heterocycles. The van der Waals surface area contributed by atoms with Crippen LogP contribution in [0.2, 0.25) is 0 Å². The number of likely N-dealkylation sites (N-methyl/N-ethyl adjacent to an activating group) is 1. The van der Waals surface area contributed by atoms with Gasteiger partial charge in [-0.05, 0) is 31.2 Å². The monoisotopic (exact) mass is 351 g/mol. The molecule has 0 bridgehead atoms. The highest BCUT2D eigenvalue weighted by molar-refractivity contribution is 7.15. The van der Waals surface area contributed by atoms with Gasteiger partial charge in [0.2, 0.25) is 5.91 Å². The van der Waals surface area contributed by atoms with Gasteiger partial charge in [0, 0.05) is 37.8 Å². The molecular weight excluding hydrogens is 329 g/mol. The van der Waals surface area contributed by atoms with Crippen molar-refractivity contribution in [1.29, 1.82) is 0 Å². The topological polar surface area (TPSA) is 54.5 Å². The first kappa shape index (κ1) is 18.5. The van der Waals surface area contributed by atoms with Crippen molar-refractivity contribution < 1.29 is 13.9 Å². The third-order valence-corrected chi connectivity index (χ3v) is 4.28. The third-order valence-electron chi connectivity index (χ3n) is 3.37. The van der Waals surface area contributed by atoms with Crippen LogP contribution in [0.3, 0.4) is 0 Å². The minimum Gasteiger partial charge on any atom is -0.385 e. The third kappa shape index (κ3) is 6.35. The Hall–Kier alpha value is -1.83. The van der Waals surface area contributed by atoms with E-state index in [2.05, 4.69) is 10.3 Å². The van der Waals surface area contributed by atoms with Gasteiger partial charge < -0.3 is 10.1 Å². The van der Waals surface area contributed by atoms with Crippen LogP contribution in [0, 0.1) is 5.82 Å². The minimum absolute atomic E-state index is 0.0958. The number of rotatable bonds is 9. The van der Waals surface area contributed by atoms with E-state index < -0.39 is 0 Å². The van der Waals surface area contributed by atoms with Gasteiger partial charge in [-0.25, -0.2) is 9.37 Å². The summed E-state index contributed by atoms with van der Waals surface area (Å²) in [6, 6.07) is 6.49. The number of halogens is 1. The van der Waals surface area contributed by atoms with E-state index in [1.807, 2.05) is 18.0 Å². The molecule has 24 heavy (non-hydrogen) atoms. The van der Waals surface area contributed by atoms with Crippen LogP contribution >= 0.6 is 11.3 Å². The van der Waals surface area contributed by atoms with Gasteiger partial charge >= 0.3 is 0 Å². The second-order valence-electron chi connectivity index (χ2n) is 5.57. The Labute approximate surface area is 145 Å². The van der Waals surface area contributed by atoms with Crippen molar-refractivity contribution in [2.75, 3.05) is 39.2 Å². The summed E-state index contributed by atoms with van der Waals surface area (Å²) >= 11 is 1.41. The average Bonchev–Trinajstić information content (AvgIpc) is 2.94. The van der Waals surface area contributed by atoms with E-state index in [-0.39, 0.29) is 11.7 Å². The molecule has 1 aromatic carbocycles. The molecular formula is C17H22FN3O2S. The van der Waals surface area contributed by atoms with Crippen molar-refractivity contribution in [2.45, 2.75) is 12.8 Å². The maximum Gasteiger partial charge on any atom is 0.240 e. The largest absolute Gasteiger partial charge is 0.385 e. The summed E-state index contributed by atoms with van der Waals surface area (Å²) in [5.74, 6) is -0.344. The number of benzene rings is 1. The lowest BCUT2D eigenvalue weighted by atomic mass is 10.1. The van der Waals surface area contributed by atoms with Gasteiger partial charge in [0.15, 0.2) is 5.13 Å². The minimum atomic E-state index is -0.248. The molecule has 5 nitrogen and oxygen atoms in total. The molecule has 2 rings (SSSR count). The summed E-state index contributed by atoms with van der Waals surface area (Å²) < 4.78 is 18.2. The fraction of sp³-hybridized carbons (Fsp3) is 0.412. The number of methoxy groups -OCH3 is 1. The Kier molecular flexibility index (Phi) is 7.30. The molecule has 1 aromatic heterocycles. The van der Waals surface area contributed by atoms with Gasteiger partial charge in [0.25, 0.3) is 0 Å². The Morgan fingerprint density at radius 1 is 1.46 bits per heavy atom. The van der Waals surface area contributed by atoms with Crippen LogP contribution in [0.1, 0.15) is 16.9 Å². The molecule has 0 aliphatic carbocycles. The fourth-order valence-electron chi connectivity index (χ4n) is 2.26. The molecule has 130 valence electrons. The lowest BCUT2D eigenvalue weighted by molar-refractivity contribution is -0.117. The van der Waals surface area contributed by atoms with Crippen molar-refractivity contribution in [3.63, 3.8) is 0 Å². The first-order chi connectivity index (χ1) is 11.6. The number of aromatic nitrogens is 1. The van der Waals surface area contributed by atoms with E-state index in [4.69, 9.17) is 4.74 Å². The van der Waals surface area contributed by atoms with Crippen molar-refractivity contribution in [3.05, 3.63) is 46.7 Å². The Balaban J connectivity index is 1.81. The number of amides is 1. The van der Waals surface area contributed by atoms with Gasteiger partial charge in [0.05, 0.1) is 6.54 Å². The Morgan fingerprint density at radius 3 is 3.04 bits per heavy atom. The summed E-state index contributed by atoms with van der Waals surface area (Å²) in [5, 5.41) is 3.37. The van der Waals surface area contributed by atoms with Gasteiger partial charge in [-0.1, -0.05) is 12.1 Å². The highest BCUT2D eigenvalue weighted by Crippen LogP contribution is 2.21. The highest BCUT2D eigenvalue weighted by atomic mass is 32.1. The quantitative estimate of drug-likeness (QED) is 0.706. The van der Waals surface area contributed by atoms with Crippen LogP contribution < -0.4 is 5.32 Å². The molecule has 0 saturated heterocycles. The van der Waals surface area contributed by atoms with Crippen molar-refractivity contribution in [2.24, 2.45) is 0 Å². The first-order valence-electron chi connectivity index (χ1n) is 7.73. The summed E-state index contributed by atoms with van der Waals surface area (Å²) in [6.45, 7) is 1.79. The normalized spacial score (nSPS) is 11.0. The van der Waals surface area contributed by atoms with Crippen molar-refractivity contribution in [1.82, 2.24) is 9.88 Å². The van der Waals surface area contributed by atoms with Gasteiger partial charge in [-0.15, -0.1) is 11.3 Å². The van der Waals surface area contributed by atoms with Crippen molar-refractivity contribution in [3.8, 4) is 0 Å². The number of thiazole rings is 1. The molecule has 0 fully saturated rings. The standard InChI is InChI=1S/C17H22FN3O2S/c1-21(7-4-8-23-2)12-16(22)20-17-19-11-15(24-17)10-13-5-3-6-14(18)9-13/h3,5-6,9,11H,4,7-8,10,12H2,1-2H3,(H,19,20,22). The van der Waals surface area contributed by atoms with Crippen LogP contribution in [0.25, 0.3) is 0 Å². The van der Waals surface area contributed by atoms with E-state index in [0.29, 0.717) is 24.7 Å². The molecule has 2 aromatic rings. The van der Waals surface area contributed by atoms with Crippen LogP contribution in [-0.4, -0.2) is 49.6 Å². The van der Waals surface area contributed by atoms with Crippen LogP contribution in [-0.2, 0) is 16.0 Å². The molecule has 0 atom stereocenters. The Morgan fingerprint density at radius 2 is 2.29 bits per heavy atom. The predicted molar refractivity (Wildman–Crippen MR) is 93.9 cm³/mol. The summed E-state index contributed by atoms with van der Waals surface area (Å²) in [6.07, 6.45) is 3.20. The fourth-order valence-corrected chi connectivity index (χ4v) is 3.12. The lowest BCUT2D eigenvalue weighted by Crippen LogP contribution is -2.31. The van der Waals surface area contributed by atoms with Gasteiger partial charge in [-0.2, -0.15) is 0 Å². The van der Waals surface area contributed by atoms with Crippen molar-refractivity contribution >= 4 is 22.4 Å². The molecule has 0 unspecified atom stereocenters. The van der Waals surface area contributed by atoms with E-state index >= 15 is 0 Å². The molecule has 0 spiro atoms. The predicted octanol–water partition coefficient (Wildman–Crippen LogP) is 2.78. The number of carbonyl (C=O) groups is 1. The van der Waals surface area contributed by atoms with Gasteiger partial charge in [0.1, 0.15) is 5.82 Å². The molecule has 7 heteroatoms. The summed E-state index contributed by atoms with van der Waals surface area (Å²) in [5.41, 5.74) is 0.884. The molecule has 0 aliphatic rings. The Bertz CT molecular complexity index is 663. The number of anilines is 1. The first-order valence-corrected chi connectivity index (χ1v) is 8.55. The van der Waals surface area contributed by atoms with Crippen LogP contribution in [0.5, 0.6) is 0 Å². The molecule has 0 saturated carbocycles. The maximum absolute atomic E-state index is 13.2. The summed E-state index contributed by atoms with van der Waals surface area (Å²) in [4.78, 5) is 19.1. The lowest BCUT2D eigenvalue weighted by Gasteiger charge is -2.15. The SMILES string of the molecule is COCCCN(C)CC(=O)Nc1ncc(Cc2cccc(F)c2)s1. The maximum atomic E-state index is 13.2. The molecule has 1 amide bonds. The molecule has 1 N–H and O–H groups in total. The highest BCUT2D eigenvalue weighted by Gasteiger charge is 2.10. The average molecular weight is 351 g/mol. The number of nitrogens with one attached hydrogen (secondary N) is 1. The molecule has 0 radical (unpaired) electrons. The number of nitrogens with zero attached hydrogens (tertiary/aromatic N) is 2. The van der Waals surface area contributed by atoms with E-state index in [1.54, 1.807) is 19.4 Å². The summed E-state index contributed by atoms with van der Waals surface area (Å²) in [7, 11) is 3.56. The smallest absolute Gasteiger partial charge is 0.240 e. The number of carbonyl (C=O) groups excluding carboxylic acids is 1. The van der Waals surface area contributed by atoms with E-state index in [0.717, 1.165) is 23.4 Å². The molecule has 1 heterocycles. The number of ether oxygens (including phenoxy) is 1. The van der Waals surface area contributed by atoms with Gasteiger partial charge in [-0.3, -0.25) is 9.69 Å². The van der Waals surface area contributed by atoms with E-state index in [1.165, 1.54) is 23.5 Å². The second-order valence-corrected chi connectivity index (χ2v) is 6.69. The van der Waals surface area contributed by atoms with Crippen LogP contribution in [0.15, 0.2) is 30.5 Å². The zero-order chi connectivity index (χ0) is 17.4. The zero-order valence-electron chi connectivity index (χ0n) is 13.9. The van der Waals surface area contributed by atoms with Crippen LogP contribution in [0.4, 0.5) is 9.52 Å². The number of hydrogen-bond acceptors (Lipinski definition) is 5. The zero-order valence-corrected chi connectivity index (χ0v) is 14.7. The van der Waals surface area contributed by atoms with E-state index in [9.17, 15) is 9.18 Å². The second kappa shape index (κ2) is 9.46. The number of hydrogen-bond donors (Lipinski definition) is 1.